The molecule has 1 atom stereocenters. The summed E-state index contributed by atoms with van der Waals surface area (Å²) < 4.78 is 13.5. The van der Waals surface area contributed by atoms with Crippen LogP contribution in [0.25, 0.3) is 16.8 Å². The predicted octanol–water partition coefficient (Wildman–Crippen LogP) is 4.27. The first-order valence-corrected chi connectivity index (χ1v) is 13.8. The fraction of sp³-hybridized carbons (Fsp3) is 0.258. The molecular weight excluding hydrogens is 510 g/mol. The summed E-state index contributed by atoms with van der Waals surface area (Å²) in [6.45, 7) is 6.83. The summed E-state index contributed by atoms with van der Waals surface area (Å²) in [6.07, 6.45) is 1.87. The second-order valence-electron chi connectivity index (χ2n) is 9.20. The molecule has 0 saturated carbocycles. The number of nitrogens with zero attached hydrogens (tertiary/aromatic N) is 3. The number of para-hydroxylation sites is 1. The molecule has 0 spiro atoms. The van der Waals surface area contributed by atoms with Crippen LogP contribution in [0.15, 0.2) is 81.7 Å². The van der Waals surface area contributed by atoms with E-state index < -0.39 is 6.04 Å². The number of hydrogen-bond acceptors (Lipinski definition) is 6. The van der Waals surface area contributed by atoms with E-state index in [1.807, 2.05) is 87.5 Å². The predicted molar refractivity (Wildman–Crippen MR) is 155 cm³/mol. The third-order valence-corrected chi connectivity index (χ3v) is 8.15. The molecule has 8 heteroatoms. The molecule has 0 radical (unpaired) electrons. The molecule has 0 bridgehead atoms. The highest BCUT2D eigenvalue weighted by atomic mass is 32.1. The Kier molecular flexibility index (Phi) is 7.39. The molecule has 1 aliphatic heterocycles. The summed E-state index contributed by atoms with van der Waals surface area (Å²) in [5.74, 6) is 1.14. The van der Waals surface area contributed by atoms with Crippen molar-refractivity contribution in [2.45, 2.75) is 26.8 Å². The summed E-state index contributed by atoms with van der Waals surface area (Å²) in [7, 11) is 3.22. The van der Waals surface area contributed by atoms with Crippen molar-refractivity contribution >= 4 is 34.1 Å². The molecule has 0 N–H and O–H groups in total. The van der Waals surface area contributed by atoms with E-state index in [1.54, 1.807) is 23.7 Å². The first-order chi connectivity index (χ1) is 18.9. The minimum atomic E-state index is -0.679. The SMILES string of the molecule is CCN(CC)C(=O)C1=C(C)N=c2s/c(=C/c3c(OC)ccc4ccccc34)c(=O)n2[C@H]1c1ccccc1OC. The fourth-order valence-corrected chi connectivity index (χ4v) is 6.22. The smallest absolute Gasteiger partial charge is 0.271 e. The third-order valence-electron chi connectivity index (χ3n) is 7.16. The average molecular weight is 542 g/mol. The molecule has 3 aromatic carbocycles. The van der Waals surface area contributed by atoms with E-state index in [0.717, 1.165) is 21.9 Å². The van der Waals surface area contributed by atoms with E-state index in [4.69, 9.17) is 14.5 Å². The van der Waals surface area contributed by atoms with Crippen molar-refractivity contribution in [1.29, 1.82) is 0 Å². The van der Waals surface area contributed by atoms with Gasteiger partial charge < -0.3 is 14.4 Å². The van der Waals surface area contributed by atoms with Gasteiger partial charge >= 0.3 is 0 Å². The number of ether oxygens (including phenoxy) is 2. The Bertz CT molecular complexity index is 1780. The lowest BCUT2D eigenvalue weighted by molar-refractivity contribution is -0.127. The van der Waals surface area contributed by atoms with Crippen LogP contribution >= 0.6 is 11.3 Å². The summed E-state index contributed by atoms with van der Waals surface area (Å²) >= 11 is 1.31. The quantitative estimate of drug-likeness (QED) is 0.350. The van der Waals surface area contributed by atoms with E-state index >= 15 is 0 Å². The number of amides is 1. The molecule has 0 fully saturated rings. The Morgan fingerprint density at radius 2 is 1.69 bits per heavy atom. The van der Waals surface area contributed by atoms with Gasteiger partial charge in [-0.3, -0.25) is 14.2 Å². The van der Waals surface area contributed by atoms with Gasteiger partial charge in [-0.1, -0.05) is 59.9 Å². The van der Waals surface area contributed by atoms with Gasteiger partial charge in [0.15, 0.2) is 4.80 Å². The number of carbonyl (C=O) groups is 1. The Balaban J connectivity index is 1.81. The number of fused-ring (bicyclic) bond motifs is 2. The van der Waals surface area contributed by atoms with E-state index in [0.29, 0.717) is 45.2 Å². The molecule has 1 aromatic heterocycles. The zero-order valence-corrected chi connectivity index (χ0v) is 23.5. The van der Waals surface area contributed by atoms with Gasteiger partial charge in [-0.25, -0.2) is 4.99 Å². The van der Waals surface area contributed by atoms with Gasteiger partial charge in [-0.15, -0.1) is 0 Å². The lowest BCUT2D eigenvalue weighted by Gasteiger charge is -2.29. The van der Waals surface area contributed by atoms with Crippen LogP contribution in [0, 0.1) is 0 Å². The lowest BCUT2D eigenvalue weighted by Crippen LogP contribution is -2.43. The molecule has 0 aliphatic carbocycles. The highest BCUT2D eigenvalue weighted by Gasteiger charge is 2.35. The number of carbonyl (C=O) groups excluding carboxylic acids is 1. The molecule has 0 saturated heterocycles. The van der Waals surface area contributed by atoms with E-state index in [1.165, 1.54) is 11.3 Å². The van der Waals surface area contributed by atoms with Crippen molar-refractivity contribution in [1.82, 2.24) is 9.47 Å². The molecular formula is C31H31N3O4S. The van der Waals surface area contributed by atoms with Gasteiger partial charge in [0.1, 0.15) is 17.5 Å². The normalized spacial score (nSPS) is 15.2. The van der Waals surface area contributed by atoms with Crippen LogP contribution in [0.1, 0.15) is 37.9 Å². The number of aromatic nitrogens is 1. The number of allylic oxidation sites excluding steroid dienone is 1. The molecule has 5 rings (SSSR count). The third kappa shape index (κ3) is 4.55. The number of hydrogen-bond donors (Lipinski definition) is 0. The van der Waals surface area contributed by atoms with Gasteiger partial charge in [0.05, 0.1) is 30.0 Å². The molecule has 2 heterocycles. The average Bonchev–Trinajstić information content (AvgIpc) is 3.27. The maximum Gasteiger partial charge on any atom is 0.271 e. The van der Waals surface area contributed by atoms with Crippen molar-refractivity contribution in [3.8, 4) is 11.5 Å². The van der Waals surface area contributed by atoms with E-state index in [-0.39, 0.29) is 11.5 Å². The number of likely N-dealkylation sites (N-methyl/N-ethyl adjacent to an activating group) is 1. The fourth-order valence-electron chi connectivity index (χ4n) is 5.20. The van der Waals surface area contributed by atoms with Gasteiger partial charge in [0.25, 0.3) is 11.5 Å². The van der Waals surface area contributed by atoms with Gasteiger partial charge in [-0.05, 0) is 49.8 Å². The maximum atomic E-state index is 14.2. The Morgan fingerprint density at radius 3 is 2.41 bits per heavy atom. The van der Waals surface area contributed by atoms with Crippen LogP contribution in [0.2, 0.25) is 0 Å². The minimum Gasteiger partial charge on any atom is -0.496 e. The molecule has 1 amide bonds. The number of methoxy groups -OCH3 is 2. The van der Waals surface area contributed by atoms with Gasteiger partial charge in [-0.2, -0.15) is 0 Å². The second-order valence-corrected chi connectivity index (χ2v) is 10.2. The second kappa shape index (κ2) is 10.9. The molecule has 7 nitrogen and oxygen atoms in total. The lowest BCUT2D eigenvalue weighted by atomic mass is 9.94. The number of thiazole rings is 1. The summed E-state index contributed by atoms with van der Waals surface area (Å²) in [6, 6.07) is 18.8. The van der Waals surface area contributed by atoms with Crippen LogP contribution in [0.4, 0.5) is 0 Å². The number of benzene rings is 3. The molecule has 39 heavy (non-hydrogen) atoms. The molecule has 200 valence electrons. The van der Waals surface area contributed by atoms with Crippen LogP contribution in [-0.2, 0) is 4.79 Å². The largest absolute Gasteiger partial charge is 0.496 e. The first-order valence-electron chi connectivity index (χ1n) is 12.9. The standard InChI is InChI=1S/C31H31N3O4S/c1-6-33(7-2)30(36)27-19(3)32-31-34(28(27)22-14-10-11-15-24(22)37-4)29(35)26(39-31)18-23-21-13-9-8-12-20(21)16-17-25(23)38-5/h8-18,28H,6-7H2,1-5H3/b26-18+/t28-/m0/s1. The summed E-state index contributed by atoms with van der Waals surface area (Å²) in [5, 5.41) is 2.03. The van der Waals surface area contributed by atoms with Crippen molar-refractivity contribution in [3.05, 3.63) is 103 Å². The summed E-state index contributed by atoms with van der Waals surface area (Å²) in [5.41, 5.74) is 2.41. The maximum absolute atomic E-state index is 14.2. The monoisotopic (exact) mass is 541 g/mol. The van der Waals surface area contributed by atoms with Crippen LogP contribution in [-0.4, -0.2) is 42.7 Å². The Morgan fingerprint density at radius 1 is 1.00 bits per heavy atom. The van der Waals surface area contributed by atoms with Crippen molar-refractivity contribution in [2.24, 2.45) is 4.99 Å². The minimum absolute atomic E-state index is 0.137. The van der Waals surface area contributed by atoms with E-state index in [2.05, 4.69) is 0 Å². The van der Waals surface area contributed by atoms with Crippen LogP contribution in [0.3, 0.4) is 0 Å². The van der Waals surface area contributed by atoms with Crippen LogP contribution < -0.4 is 24.4 Å². The molecule has 0 unspecified atom stereocenters. The topological polar surface area (TPSA) is 73.1 Å². The highest BCUT2D eigenvalue weighted by molar-refractivity contribution is 7.07. The van der Waals surface area contributed by atoms with Crippen molar-refractivity contribution in [3.63, 3.8) is 0 Å². The Hall–Kier alpha value is -4.17. The summed E-state index contributed by atoms with van der Waals surface area (Å²) in [4.78, 5) is 35.1. The molecule has 4 aromatic rings. The Labute approximate surface area is 230 Å². The van der Waals surface area contributed by atoms with Gasteiger partial charge in [0.2, 0.25) is 0 Å². The van der Waals surface area contributed by atoms with Crippen LogP contribution in [0.5, 0.6) is 11.5 Å². The van der Waals surface area contributed by atoms with Gasteiger partial charge in [0, 0.05) is 24.2 Å². The van der Waals surface area contributed by atoms with Crippen molar-refractivity contribution in [2.75, 3.05) is 27.3 Å². The zero-order valence-electron chi connectivity index (χ0n) is 22.7. The van der Waals surface area contributed by atoms with Crippen molar-refractivity contribution < 1.29 is 14.3 Å². The molecule has 1 aliphatic rings. The zero-order chi connectivity index (χ0) is 27.7. The van der Waals surface area contributed by atoms with E-state index in [9.17, 15) is 9.59 Å². The first kappa shape index (κ1) is 26.4. The highest BCUT2D eigenvalue weighted by Crippen LogP contribution is 2.36. The number of rotatable bonds is 7.